The molecule has 5 heteroatoms. The lowest BCUT2D eigenvalue weighted by molar-refractivity contribution is 0.662. The van der Waals surface area contributed by atoms with E-state index < -0.39 is 0 Å². The second-order valence-electron chi connectivity index (χ2n) is 3.94. The fourth-order valence-electron chi connectivity index (χ4n) is 1.76. The Kier molecular flexibility index (Phi) is 3.14. The molecular weight excluding hydrogens is 339 g/mol. The number of nitrogens with zero attached hydrogens (tertiary/aromatic N) is 4. The minimum Gasteiger partial charge on any atom is -0.266 e. The number of hydrogen-bond donors (Lipinski definition) is 0. The predicted octanol–water partition coefficient (Wildman–Crippen LogP) is 2.72. The van der Waals surface area contributed by atoms with E-state index in [-0.39, 0.29) is 0 Å². The molecule has 2 aromatic heterocycles. The summed E-state index contributed by atoms with van der Waals surface area (Å²) in [4.78, 5) is 0. The van der Waals surface area contributed by atoms with Crippen molar-refractivity contribution in [2.45, 2.75) is 6.54 Å². The molecule has 2 heterocycles. The number of hydrogen-bond acceptors (Lipinski definition) is 2. The van der Waals surface area contributed by atoms with E-state index in [1.807, 2.05) is 64.4 Å². The molecule has 0 fully saturated rings. The van der Waals surface area contributed by atoms with Crippen molar-refractivity contribution in [3.05, 3.63) is 64.3 Å². The van der Waals surface area contributed by atoms with E-state index in [0.717, 1.165) is 15.0 Å². The first kappa shape index (κ1) is 11.5. The smallest absolute Gasteiger partial charge is 0.0850 e. The molecule has 0 atom stereocenters. The van der Waals surface area contributed by atoms with Gasteiger partial charge in [0, 0.05) is 12.4 Å². The molecule has 0 aliphatic heterocycles. The normalized spacial score (nSPS) is 10.7. The third-order valence-corrected chi connectivity index (χ3v) is 3.15. The SMILES string of the molecule is Ic1cnn(Cc2ccn(-c3ccccc3)n2)c1. The lowest BCUT2D eigenvalue weighted by Gasteiger charge is -2.00. The van der Waals surface area contributed by atoms with Gasteiger partial charge in [0.1, 0.15) is 0 Å². The molecule has 0 radical (unpaired) electrons. The van der Waals surface area contributed by atoms with Crippen molar-refractivity contribution < 1.29 is 0 Å². The minimum atomic E-state index is 0.697. The predicted molar refractivity (Wildman–Crippen MR) is 77.6 cm³/mol. The molecule has 0 bridgehead atoms. The zero-order valence-corrected chi connectivity index (χ0v) is 11.7. The van der Waals surface area contributed by atoms with Gasteiger partial charge in [-0.2, -0.15) is 10.2 Å². The van der Waals surface area contributed by atoms with Crippen molar-refractivity contribution in [1.82, 2.24) is 19.6 Å². The van der Waals surface area contributed by atoms with Crippen LogP contribution in [-0.4, -0.2) is 19.6 Å². The number of aromatic nitrogens is 4. The fourth-order valence-corrected chi connectivity index (χ4v) is 2.21. The summed E-state index contributed by atoms with van der Waals surface area (Å²) < 4.78 is 4.90. The van der Waals surface area contributed by atoms with Crippen molar-refractivity contribution in [1.29, 1.82) is 0 Å². The van der Waals surface area contributed by atoms with Gasteiger partial charge in [-0.05, 0) is 40.8 Å². The standard InChI is InChI=1S/C13H11IN4/c14-11-8-15-17(9-11)10-12-6-7-18(16-12)13-4-2-1-3-5-13/h1-9H,10H2. The molecule has 0 N–H and O–H groups in total. The Hall–Kier alpha value is -1.63. The largest absolute Gasteiger partial charge is 0.266 e. The maximum Gasteiger partial charge on any atom is 0.0850 e. The third kappa shape index (κ3) is 2.45. The van der Waals surface area contributed by atoms with Crippen molar-refractivity contribution in [2.75, 3.05) is 0 Å². The van der Waals surface area contributed by atoms with Gasteiger partial charge in [-0.1, -0.05) is 18.2 Å². The van der Waals surface area contributed by atoms with Crippen LogP contribution in [-0.2, 0) is 6.54 Å². The minimum absolute atomic E-state index is 0.697. The van der Waals surface area contributed by atoms with Crippen LogP contribution in [0.15, 0.2) is 55.0 Å². The molecule has 3 aromatic rings. The van der Waals surface area contributed by atoms with Crippen molar-refractivity contribution >= 4 is 22.6 Å². The molecular formula is C13H11IN4. The molecule has 90 valence electrons. The van der Waals surface area contributed by atoms with Crippen molar-refractivity contribution in [2.24, 2.45) is 0 Å². The molecule has 0 unspecified atom stereocenters. The molecule has 3 rings (SSSR count). The average Bonchev–Trinajstić information content (AvgIpc) is 3.01. The molecule has 18 heavy (non-hydrogen) atoms. The van der Waals surface area contributed by atoms with Crippen LogP contribution in [0.25, 0.3) is 5.69 Å². The maximum atomic E-state index is 4.54. The number of para-hydroxylation sites is 1. The van der Waals surface area contributed by atoms with E-state index >= 15 is 0 Å². The van der Waals surface area contributed by atoms with Crippen LogP contribution in [0.3, 0.4) is 0 Å². The van der Waals surface area contributed by atoms with Gasteiger partial charge in [0.05, 0.1) is 27.7 Å². The van der Waals surface area contributed by atoms with Gasteiger partial charge in [-0.15, -0.1) is 0 Å². The quantitative estimate of drug-likeness (QED) is 0.681. The highest BCUT2D eigenvalue weighted by Gasteiger charge is 2.02. The summed E-state index contributed by atoms with van der Waals surface area (Å²) in [6.07, 6.45) is 5.82. The molecule has 0 saturated carbocycles. The number of halogens is 1. The molecule has 0 aliphatic rings. The van der Waals surface area contributed by atoms with E-state index in [2.05, 4.69) is 32.8 Å². The second-order valence-corrected chi connectivity index (χ2v) is 5.19. The first-order valence-corrected chi connectivity index (χ1v) is 6.67. The van der Waals surface area contributed by atoms with Gasteiger partial charge in [-0.3, -0.25) is 4.68 Å². The molecule has 0 aliphatic carbocycles. The van der Waals surface area contributed by atoms with Gasteiger partial charge < -0.3 is 0 Å². The van der Waals surface area contributed by atoms with E-state index in [0.29, 0.717) is 6.54 Å². The highest BCUT2D eigenvalue weighted by atomic mass is 127. The van der Waals surface area contributed by atoms with Gasteiger partial charge in [0.15, 0.2) is 0 Å². The number of benzene rings is 1. The summed E-state index contributed by atoms with van der Waals surface area (Å²) >= 11 is 2.25. The summed E-state index contributed by atoms with van der Waals surface area (Å²) in [6, 6.07) is 12.1. The maximum absolute atomic E-state index is 4.54. The molecule has 0 amide bonds. The first-order chi connectivity index (χ1) is 8.81. The molecule has 0 saturated heterocycles. The lowest BCUT2D eigenvalue weighted by Crippen LogP contribution is -2.02. The van der Waals surface area contributed by atoms with Gasteiger partial charge in [0.25, 0.3) is 0 Å². The van der Waals surface area contributed by atoms with Crippen LogP contribution in [0.4, 0.5) is 0 Å². The Morgan fingerprint density at radius 1 is 1.11 bits per heavy atom. The Morgan fingerprint density at radius 2 is 1.94 bits per heavy atom. The summed E-state index contributed by atoms with van der Waals surface area (Å²) in [5.74, 6) is 0. The lowest BCUT2D eigenvalue weighted by atomic mass is 10.3. The van der Waals surface area contributed by atoms with Gasteiger partial charge in [-0.25, -0.2) is 4.68 Å². The van der Waals surface area contributed by atoms with Crippen LogP contribution in [0.1, 0.15) is 5.69 Å². The molecule has 1 aromatic carbocycles. The Bertz CT molecular complexity index is 642. The zero-order valence-electron chi connectivity index (χ0n) is 9.57. The first-order valence-electron chi connectivity index (χ1n) is 5.59. The van der Waals surface area contributed by atoms with Crippen molar-refractivity contribution in [3.63, 3.8) is 0 Å². The van der Waals surface area contributed by atoms with Gasteiger partial charge in [0.2, 0.25) is 0 Å². The second kappa shape index (κ2) is 4.93. The highest BCUT2D eigenvalue weighted by molar-refractivity contribution is 14.1. The third-order valence-electron chi connectivity index (χ3n) is 2.59. The van der Waals surface area contributed by atoms with Crippen LogP contribution >= 0.6 is 22.6 Å². The highest BCUT2D eigenvalue weighted by Crippen LogP contribution is 2.08. The fraction of sp³-hybridized carbons (Fsp3) is 0.0769. The summed E-state index contributed by atoms with van der Waals surface area (Å²) in [5, 5.41) is 8.79. The topological polar surface area (TPSA) is 35.6 Å². The van der Waals surface area contributed by atoms with E-state index in [4.69, 9.17) is 0 Å². The Balaban J connectivity index is 1.82. The van der Waals surface area contributed by atoms with Crippen molar-refractivity contribution in [3.8, 4) is 5.69 Å². The number of rotatable bonds is 3. The van der Waals surface area contributed by atoms with Crippen LogP contribution in [0.2, 0.25) is 0 Å². The Labute approximate surface area is 118 Å². The van der Waals surface area contributed by atoms with Crippen LogP contribution in [0.5, 0.6) is 0 Å². The molecule has 0 spiro atoms. The zero-order chi connectivity index (χ0) is 12.4. The monoisotopic (exact) mass is 350 g/mol. The van der Waals surface area contributed by atoms with E-state index in [1.165, 1.54) is 0 Å². The summed E-state index contributed by atoms with van der Waals surface area (Å²) in [5.41, 5.74) is 2.07. The van der Waals surface area contributed by atoms with Crippen LogP contribution in [0, 0.1) is 3.57 Å². The van der Waals surface area contributed by atoms with E-state index in [9.17, 15) is 0 Å². The summed E-state index contributed by atoms with van der Waals surface area (Å²) in [7, 11) is 0. The Morgan fingerprint density at radius 3 is 2.67 bits per heavy atom. The van der Waals surface area contributed by atoms with Gasteiger partial charge >= 0.3 is 0 Å². The summed E-state index contributed by atoms with van der Waals surface area (Å²) in [6.45, 7) is 0.697. The van der Waals surface area contributed by atoms with Crippen LogP contribution < -0.4 is 0 Å². The average molecular weight is 350 g/mol. The van der Waals surface area contributed by atoms with E-state index in [1.54, 1.807) is 0 Å². The molecule has 4 nitrogen and oxygen atoms in total.